The first-order valence-electron chi connectivity index (χ1n) is 8.40. The fourth-order valence-electron chi connectivity index (χ4n) is 3.22. The Morgan fingerprint density at radius 3 is 2.43 bits per heavy atom. The molecule has 4 nitrogen and oxygen atoms in total. The molecule has 0 saturated heterocycles. The lowest BCUT2D eigenvalue weighted by molar-refractivity contribution is -0.135. The molecule has 0 bridgehead atoms. The van der Waals surface area contributed by atoms with Gasteiger partial charge in [-0.3, -0.25) is 9.59 Å². The summed E-state index contributed by atoms with van der Waals surface area (Å²) in [5, 5.41) is 6.01. The highest BCUT2D eigenvalue weighted by molar-refractivity contribution is 9.10. The number of carbonyl (C=O) groups is 2. The van der Waals surface area contributed by atoms with Gasteiger partial charge in [-0.2, -0.15) is 0 Å². The van der Waals surface area contributed by atoms with Crippen LogP contribution >= 0.6 is 15.9 Å². The minimum atomic E-state index is -0.859. The average molecular weight is 379 g/mol. The Morgan fingerprint density at radius 1 is 1.13 bits per heavy atom. The standard InChI is InChI=1S/C18H23BrN2O2/c1-12-7-8-15(14(19)11-12)21-17(23)18(9-10-18)16(22)20-13-5-3-2-4-6-13/h7-8,11,13H,2-6,9-10H2,1H3,(H,20,22)(H,21,23). The molecule has 2 saturated carbocycles. The molecule has 0 aromatic heterocycles. The zero-order valence-corrected chi connectivity index (χ0v) is 15.0. The highest BCUT2D eigenvalue weighted by Gasteiger charge is 2.56. The highest BCUT2D eigenvalue weighted by atomic mass is 79.9. The highest BCUT2D eigenvalue weighted by Crippen LogP contribution is 2.47. The maximum atomic E-state index is 12.6. The number of hydrogen-bond acceptors (Lipinski definition) is 2. The van der Waals surface area contributed by atoms with Gasteiger partial charge >= 0.3 is 0 Å². The molecule has 0 unspecified atom stereocenters. The van der Waals surface area contributed by atoms with Gasteiger partial charge in [-0.15, -0.1) is 0 Å². The number of benzene rings is 1. The molecule has 1 aromatic carbocycles. The van der Waals surface area contributed by atoms with Crippen LogP contribution in [0.15, 0.2) is 22.7 Å². The van der Waals surface area contributed by atoms with Crippen molar-refractivity contribution in [1.29, 1.82) is 0 Å². The number of hydrogen-bond donors (Lipinski definition) is 2. The second kappa shape index (κ2) is 6.63. The predicted octanol–water partition coefficient (Wildman–Crippen LogP) is 3.93. The van der Waals surface area contributed by atoms with E-state index in [0.717, 1.165) is 28.6 Å². The van der Waals surface area contributed by atoms with E-state index >= 15 is 0 Å². The van der Waals surface area contributed by atoms with Crippen LogP contribution in [-0.4, -0.2) is 17.9 Å². The van der Waals surface area contributed by atoms with E-state index < -0.39 is 5.41 Å². The van der Waals surface area contributed by atoms with Crippen LogP contribution in [0.5, 0.6) is 0 Å². The SMILES string of the molecule is Cc1ccc(NC(=O)C2(C(=O)NC3CCCCC3)CC2)c(Br)c1. The third kappa shape index (κ3) is 3.60. The molecule has 0 heterocycles. The molecule has 1 aromatic rings. The van der Waals surface area contributed by atoms with Crippen molar-refractivity contribution < 1.29 is 9.59 Å². The van der Waals surface area contributed by atoms with E-state index in [1.807, 2.05) is 25.1 Å². The Balaban J connectivity index is 1.64. The fraction of sp³-hybridized carbons (Fsp3) is 0.556. The number of rotatable bonds is 4. The van der Waals surface area contributed by atoms with Crippen molar-refractivity contribution in [1.82, 2.24) is 5.32 Å². The van der Waals surface area contributed by atoms with Gasteiger partial charge in [0.2, 0.25) is 11.8 Å². The third-order valence-corrected chi connectivity index (χ3v) is 5.59. The molecular formula is C18H23BrN2O2. The molecule has 23 heavy (non-hydrogen) atoms. The first kappa shape index (κ1) is 16.5. The number of halogens is 1. The first-order valence-corrected chi connectivity index (χ1v) is 9.19. The van der Waals surface area contributed by atoms with E-state index in [-0.39, 0.29) is 17.9 Å². The Kier molecular flexibility index (Phi) is 4.76. The van der Waals surface area contributed by atoms with Gasteiger partial charge < -0.3 is 10.6 Å². The van der Waals surface area contributed by atoms with Crippen LogP contribution in [0.4, 0.5) is 5.69 Å². The lowest BCUT2D eigenvalue weighted by Gasteiger charge is -2.25. The molecule has 0 atom stereocenters. The Hall–Kier alpha value is -1.36. The van der Waals surface area contributed by atoms with Crippen molar-refractivity contribution in [2.45, 2.75) is 57.9 Å². The zero-order valence-electron chi connectivity index (χ0n) is 13.5. The molecule has 0 radical (unpaired) electrons. The molecule has 3 rings (SSSR count). The van der Waals surface area contributed by atoms with Crippen LogP contribution in [0.2, 0.25) is 0 Å². The van der Waals surface area contributed by atoms with Gasteiger partial charge in [0, 0.05) is 10.5 Å². The van der Waals surface area contributed by atoms with Gasteiger partial charge in [-0.1, -0.05) is 25.3 Å². The van der Waals surface area contributed by atoms with E-state index in [9.17, 15) is 9.59 Å². The second-order valence-corrected chi connectivity index (χ2v) is 7.68. The summed E-state index contributed by atoms with van der Waals surface area (Å²) in [6.07, 6.45) is 6.93. The monoisotopic (exact) mass is 378 g/mol. The Bertz CT molecular complexity index is 619. The van der Waals surface area contributed by atoms with Crippen LogP contribution in [-0.2, 0) is 9.59 Å². The van der Waals surface area contributed by atoms with E-state index in [4.69, 9.17) is 0 Å². The number of carbonyl (C=O) groups excluding carboxylic acids is 2. The maximum Gasteiger partial charge on any atom is 0.240 e. The van der Waals surface area contributed by atoms with Crippen molar-refractivity contribution in [3.05, 3.63) is 28.2 Å². The average Bonchev–Trinajstić information content (AvgIpc) is 3.33. The van der Waals surface area contributed by atoms with Crippen LogP contribution in [0.25, 0.3) is 0 Å². The van der Waals surface area contributed by atoms with Gasteiger partial charge in [-0.05, 0) is 66.2 Å². The van der Waals surface area contributed by atoms with Gasteiger partial charge in [0.1, 0.15) is 5.41 Å². The Labute approximate surface area is 145 Å². The van der Waals surface area contributed by atoms with Gasteiger partial charge in [-0.25, -0.2) is 0 Å². The smallest absolute Gasteiger partial charge is 0.240 e. The van der Waals surface area contributed by atoms with Gasteiger partial charge in [0.05, 0.1) is 5.69 Å². The fourth-order valence-corrected chi connectivity index (χ4v) is 3.81. The van der Waals surface area contributed by atoms with Crippen molar-refractivity contribution in [2.75, 3.05) is 5.32 Å². The summed E-state index contributed by atoms with van der Waals surface area (Å²) >= 11 is 3.46. The van der Waals surface area contributed by atoms with Crippen molar-refractivity contribution in [2.24, 2.45) is 5.41 Å². The van der Waals surface area contributed by atoms with Crippen molar-refractivity contribution >= 4 is 33.4 Å². The summed E-state index contributed by atoms with van der Waals surface area (Å²) in [6, 6.07) is 6.01. The summed E-state index contributed by atoms with van der Waals surface area (Å²) in [4.78, 5) is 25.2. The van der Waals surface area contributed by atoms with E-state index in [1.165, 1.54) is 19.3 Å². The minimum absolute atomic E-state index is 0.0925. The minimum Gasteiger partial charge on any atom is -0.352 e. The number of nitrogens with one attached hydrogen (secondary N) is 2. The molecule has 124 valence electrons. The van der Waals surface area contributed by atoms with Crippen molar-refractivity contribution in [3.8, 4) is 0 Å². The lowest BCUT2D eigenvalue weighted by atomic mass is 9.94. The van der Waals surface area contributed by atoms with Gasteiger partial charge in [0.15, 0.2) is 0 Å². The summed E-state index contributed by atoms with van der Waals surface area (Å²) in [7, 11) is 0. The Morgan fingerprint density at radius 2 is 1.83 bits per heavy atom. The van der Waals surface area contributed by atoms with E-state index in [0.29, 0.717) is 12.8 Å². The largest absolute Gasteiger partial charge is 0.352 e. The maximum absolute atomic E-state index is 12.6. The molecule has 0 aliphatic heterocycles. The predicted molar refractivity (Wildman–Crippen MR) is 94.2 cm³/mol. The molecule has 2 amide bonds. The molecular weight excluding hydrogens is 356 g/mol. The first-order chi connectivity index (χ1) is 11.0. The quantitative estimate of drug-likeness (QED) is 0.779. The number of amides is 2. The van der Waals surface area contributed by atoms with E-state index in [1.54, 1.807) is 0 Å². The van der Waals surface area contributed by atoms with Crippen molar-refractivity contribution in [3.63, 3.8) is 0 Å². The van der Waals surface area contributed by atoms with Crippen LogP contribution in [0.3, 0.4) is 0 Å². The molecule has 2 fully saturated rings. The van der Waals surface area contributed by atoms with Gasteiger partial charge in [0.25, 0.3) is 0 Å². The summed E-state index contributed by atoms with van der Waals surface area (Å²) in [6.45, 7) is 2.00. The second-order valence-electron chi connectivity index (χ2n) is 6.83. The normalized spacial score (nSPS) is 19.9. The summed E-state index contributed by atoms with van der Waals surface area (Å²) < 4.78 is 0.842. The third-order valence-electron chi connectivity index (χ3n) is 4.93. The number of anilines is 1. The van der Waals surface area contributed by atoms with Crippen LogP contribution in [0, 0.1) is 12.3 Å². The molecule has 2 N–H and O–H groups in total. The zero-order chi connectivity index (χ0) is 16.4. The molecule has 2 aliphatic rings. The summed E-state index contributed by atoms with van der Waals surface area (Å²) in [5.74, 6) is -0.277. The van der Waals surface area contributed by atoms with E-state index in [2.05, 4.69) is 26.6 Å². The lowest BCUT2D eigenvalue weighted by Crippen LogP contribution is -2.45. The topological polar surface area (TPSA) is 58.2 Å². The molecule has 2 aliphatic carbocycles. The van der Waals surface area contributed by atoms with Crippen LogP contribution < -0.4 is 10.6 Å². The number of aryl methyl sites for hydroxylation is 1. The molecule has 5 heteroatoms. The molecule has 0 spiro atoms. The van der Waals surface area contributed by atoms with Crippen LogP contribution in [0.1, 0.15) is 50.5 Å². The summed E-state index contributed by atoms with van der Waals surface area (Å²) in [5.41, 5.74) is 0.977.